The van der Waals surface area contributed by atoms with Crippen LogP contribution in [-0.2, 0) is 0 Å². The molecule has 0 aromatic heterocycles. The zero-order chi connectivity index (χ0) is 11.5. The van der Waals surface area contributed by atoms with Crippen LogP contribution in [0.4, 0.5) is 0 Å². The van der Waals surface area contributed by atoms with Crippen molar-refractivity contribution in [3.63, 3.8) is 0 Å². The molecule has 0 radical (unpaired) electrons. The first kappa shape index (κ1) is 13.5. The van der Waals surface area contributed by atoms with Gasteiger partial charge in [-0.3, -0.25) is 0 Å². The molecule has 2 rings (SSSR count). The summed E-state index contributed by atoms with van der Waals surface area (Å²) >= 11 is 0. The number of rotatable bonds is 2. The summed E-state index contributed by atoms with van der Waals surface area (Å²) in [5, 5.41) is 0. The molecule has 0 saturated heterocycles. The van der Waals surface area contributed by atoms with Crippen molar-refractivity contribution in [3.05, 3.63) is 70.8 Å². The molecule has 17 heavy (non-hydrogen) atoms. The monoisotopic (exact) mass is 228 g/mol. The molecule has 0 saturated carbocycles. The van der Waals surface area contributed by atoms with E-state index < -0.39 is 0 Å². The van der Waals surface area contributed by atoms with E-state index >= 15 is 0 Å². The molecule has 0 atom stereocenters. The topological polar surface area (TPSA) is 31.5 Å². The molecule has 0 spiro atoms. The van der Waals surface area contributed by atoms with E-state index in [1.807, 2.05) is 0 Å². The average Bonchev–Trinajstić information content (AvgIpc) is 2.30. The number of hydrogen-bond donors (Lipinski definition) is 0. The third kappa shape index (κ3) is 3.18. The van der Waals surface area contributed by atoms with Gasteiger partial charge in [-0.25, -0.2) is 0 Å². The lowest BCUT2D eigenvalue weighted by Crippen LogP contribution is -1.95. The molecule has 0 amide bonds. The van der Waals surface area contributed by atoms with Crippen molar-refractivity contribution in [2.45, 2.75) is 26.7 Å². The van der Waals surface area contributed by atoms with Crippen molar-refractivity contribution in [2.24, 2.45) is 0 Å². The van der Waals surface area contributed by atoms with Gasteiger partial charge in [-0.2, -0.15) is 0 Å². The van der Waals surface area contributed by atoms with Crippen LogP contribution in [0.5, 0.6) is 0 Å². The molecule has 2 aromatic carbocycles. The predicted molar refractivity (Wildman–Crippen MR) is 73.5 cm³/mol. The summed E-state index contributed by atoms with van der Waals surface area (Å²) in [5.74, 6) is 0.473. The maximum atomic E-state index is 2.26. The van der Waals surface area contributed by atoms with Gasteiger partial charge in [0.05, 0.1) is 0 Å². The molecule has 90 valence electrons. The SMILES string of the molecule is Cc1ccc(C(C)c2ccc(C)cc2)cc1.O. The molecule has 2 N–H and O–H groups in total. The van der Waals surface area contributed by atoms with Crippen molar-refractivity contribution in [1.82, 2.24) is 0 Å². The smallest absolute Gasteiger partial charge is 0.00610 e. The van der Waals surface area contributed by atoms with E-state index in [0.717, 1.165) is 0 Å². The van der Waals surface area contributed by atoms with Gasteiger partial charge in [-0.15, -0.1) is 0 Å². The van der Waals surface area contributed by atoms with E-state index in [9.17, 15) is 0 Å². The van der Waals surface area contributed by atoms with Gasteiger partial charge < -0.3 is 5.48 Å². The number of hydrogen-bond acceptors (Lipinski definition) is 0. The highest BCUT2D eigenvalue weighted by atomic mass is 16.0. The zero-order valence-electron chi connectivity index (χ0n) is 10.7. The van der Waals surface area contributed by atoms with Gasteiger partial charge >= 0.3 is 0 Å². The fourth-order valence-corrected chi connectivity index (χ4v) is 1.90. The van der Waals surface area contributed by atoms with E-state index in [-0.39, 0.29) is 5.48 Å². The van der Waals surface area contributed by atoms with Crippen LogP contribution in [0.1, 0.15) is 35.1 Å². The lowest BCUT2D eigenvalue weighted by atomic mass is 9.92. The summed E-state index contributed by atoms with van der Waals surface area (Å²) in [5.41, 5.74) is 5.41. The number of aryl methyl sites for hydroxylation is 2. The maximum Gasteiger partial charge on any atom is 0.00610 e. The quantitative estimate of drug-likeness (QED) is 0.751. The second-order valence-electron chi connectivity index (χ2n) is 4.54. The lowest BCUT2D eigenvalue weighted by Gasteiger charge is -2.12. The van der Waals surface area contributed by atoms with E-state index in [4.69, 9.17) is 0 Å². The van der Waals surface area contributed by atoms with Gasteiger partial charge in [0.2, 0.25) is 0 Å². The van der Waals surface area contributed by atoms with Gasteiger partial charge in [0.25, 0.3) is 0 Å². The molecule has 0 aliphatic carbocycles. The first-order chi connectivity index (χ1) is 7.66. The molecule has 0 unspecified atom stereocenters. The molecule has 0 fully saturated rings. The Balaban J connectivity index is 0.00000144. The summed E-state index contributed by atoms with van der Waals surface area (Å²) < 4.78 is 0. The summed E-state index contributed by atoms with van der Waals surface area (Å²) in [4.78, 5) is 0. The van der Waals surface area contributed by atoms with Gasteiger partial charge in [-0.1, -0.05) is 66.6 Å². The standard InChI is InChI=1S/C16H18.H2O/c1-12-4-8-15(9-5-12)14(3)16-10-6-13(2)7-11-16;/h4-11,14H,1-3H3;1H2. The molecule has 1 heteroatoms. The highest BCUT2D eigenvalue weighted by Gasteiger charge is 2.07. The van der Waals surface area contributed by atoms with Crippen molar-refractivity contribution in [2.75, 3.05) is 0 Å². The number of benzene rings is 2. The highest BCUT2D eigenvalue weighted by Crippen LogP contribution is 2.24. The van der Waals surface area contributed by atoms with Gasteiger partial charge in [0.1, 0.15) is 0 Å². The molecule has 0 heterocycles. The Bertz CT molecular complexity index is 408. The van der Waals surface area contributed by atoms with Gasteiger partial charge in [-0.05, 0) is 25.0 Å². The average molecular weight is 228 g/mol. The Morgan fingerprint density at radius 1 is 0.647 bits per heavy atom. The van der Waals surface area contributed by atoms with E-state index in [2.05, 4.69) is 69.3 Å². The summed E-state index contributed by atoms with van der Waals surface area (Å²) in [6, 6.07) is 17.6. The molecular formula is C16H20O. The fraction of sp³-hybridized carbons (Fsp3) is 0.250. The van der Waals surface area contributed by atoms with E-state index in [1.54, 1.807) is 0 Å². The van der Waals surface area contributed by atoms with Crippen LogP contribution < -0.4 is 0 Å². The second-order valence-corrected chi connectivity index (χ2v) is 4.54. The molecular weight excluding hydrogens is 208 g/mol. The molecule has 2 aromatic rings. The third-order valence-electron chi connectivity index (χ3n) is 3.15. The Morgan fingerprint density at radius 2 is 0.941 bits per heavy atom. The van der Waals surface area contributed by atoms with Crippen molar-refractivity contribution in [3.8, 4) is 0 Å². The first-order valence-electron chi connectivity index (χ1n) is 5.80. The minimum Gasteiger partial charge on any atom is -0.412 e. The third-order valence-corrected chi connectivity index (χ3v) is 3.15. The van der Waals surface area contributed by atoms with Crippen LogP contribution in [0.15, 0.2) is 48.5 Å². The fourth-order valence-electron chi connectivity index (χ4n) is 1.90. The second kappa shape index (κ2) is 5.65. The van der Waals surface area contributed by atoms with E-state index in [0.29, 0.717) is 5.92 Å². The minimum atomic E-state index is 0. The van der Waals surface area contributed by atoms with Gasteiger partial charge in [0.15, 0.2) is 0 Å². The summed E-state index contributed by atoms with van der Waals surface area (Å²) in [7, 11) is 0. The van der Waals surface area contributed by atoms with E-state index in [1.165, 1.54) is 22.3 Å². The van der Waals surface area contributed by atoms with Crippen molar-refractivity contribution in [1.29, 1.82) is 0 Å². The Morgan fingerprint density at radius 3 is 1.24 bits per heavy atom. The van der Waals surface area contributed by atoms with Crippen LogP contribution in [-0.4, -0.2) is 5.48 Å². The van der Waals surface area contributed by atoms with Gasteiger partial charge in [0, 0.05) is 5.92 Å². The zero-order valence-corrected chi connectivity index (χ0v) is 10.7. The predicted octanol–water partition coefficient (Wildman–Crippen LogP) is 3.63. The van der Waals surface area contributed by atoms with Crippen LogP contribution in [0.25, 0.3) is 0 Å². The Hall–Kier alpha value is -1.60. The molecule has 0 aliphatic heterocycles. The molecule has 1 nitrogen and oxygen atoms in total. The minimum absolute atomic E-state index is 0. The maximum absolute atomic E-state index is 2.26. The summed E-state index contributed by atoms with van der Waals surface area (Å²) in [6.45, 7) is 6.51. The lowest BCUT2D eigenvalue weighted by molar-refractivity contribution is 0.824. The van der Waals surface area contributed by atoms with Crippen LogP contribution in [0.3, 0.4) is 0 Å². The largest absolute Gasteiger partial charge is 0.412 e. The van der Waals surface area contributed by atoms with Crippen LogP contribution in [0, 0.1) is 13.8 Å². The van der Waals surface area contributed by atoms with Crippen LogP contribution in [0.2, 0.25) is 0 Å². The summed E-state index contributed by atoms with van der Waals surface area (Å²) in [6.07, 6.45) is 0. The normalized spacial score (nSPS) is 10.1. The Kier molecular flexibility index (Phi) is 4.47. The van der Waals surface area contributed by atoms with Crippen molar-refractivity contribution >= 4 is 0 Å². The van der Waals surface area contributed by atoms with Crippen molar-refractivity contribution < 1.29 is 5.48 Å². The Labute approximate surface area is 103 Å². The van der Waals surface area contributed by atoms with Crippen LogP contribution >= 0.6 is 0 Å². The molecule has 0 aliphatic rings. The first-order valence-corrected chi connectivity index (χ1v) is 5.80. The molecule has 0 bridgehead atoms. The highest BCUT2D eigenvalue weighted by molar-refractivity contribution is 5.34.